The van der Waals surface area contributed by atoms with E-state index >= 15 is 0 Å². The summed E-state index contributed by atoms with van der Waals surface area (Å²) in [6.45, 7) is -2.76. The number of benzene rings is 1. The number of carbonyl (C=O) groups is 1. The Kier molecular flexibility index (Phi) is 4.74. The lowest BCUT2D eigenvalue weighted by Gasteiger charge is -2.08. The Bertz CT molecular complexity index is 627. The fraction of sp³-hybridized carbons (Fsp3) is 0.231. The maximum absolute atomic E-state index is 12.1. The Balaban J connectivity index is 2.03. The Hall–Kier alpha value is -2.15. The highest BCUT2D eigenvalue weighted by atomic mass is 35.5. The van der Waals surface area contributed by atoms with Crippen LogP contribution < -0.4 is 10.1 Å². The molecule has 1 N–H and O–H groups in total. The third kappa shape index (κ3) is 3.91. The number of aryl methyl sites for hydroxylation is 1. The average molecular weight is 316 g/mol. The number of rotatable bonds is 5. The molecule has 112 valence electrons. The van der Waals surface area contributed by atoms with Gasteiger partial charge in [-0.25, -0.2) is 0 Å². The summed E-state index contributed by atoms with van der Waals surface area (Å²) in [5.41, 5.74) is 0.858. The number of nitrogens with one attached hydrogen (secondary N) is 1. The molecule has 0 saturated carbocycles. The van der Waals surface area contributed by atoms with Crippen LogP contribution >= 0.6 is 11.6 Å². The quantitative estimate of drug-likeness (QED) is 0.922. The zero-order chi connectivity index (χ0) is 15.4. The van der Waals surface area contributed by atoms with Gasteiger partial charge in [-0.2, -0.15) is 13.9 Å². The molecule has 1 heterocycles. The van der Waals surface area contributed by atoms with Gasteiger partial charge in [0.2, 0.25) is 0 Å². The number of nitrogens with zero attached hydrogens (tertiary/aromatic N) is 2. The van der Waals surface area contributed by atoms with Crippen molar-refractivity contribution in [2.24, 2.45) is 7.05 Å². The van der Waals surface area contributed by atoms with Crippen LogP contribution in [0.4, 0.5) is 8.78 Å². The SMILES string of the molecule is Cn1ncc(Cl)c1CNC(=O)c1cccc(OC(F)F)c1. The van der Waals surface area contributed by atoms with Crippen LogP contribution in [0, 0.1) is 0 Å². The average Bonchev–Trinajstić information content (AvgIpc) is 2.75. The second-order valence-electron chi connectivity index (χ2n) is 4.15. The van der Waals surface area contributed by atoms with Crippen LogP contribution in [0.3, 0.4) is 0 Å². The van der Waals surface area contributed by atoms with Gasteiger partial charge in [-0.15, -0.1) is 0 Å². The van der Waals surface area contributed by atoms with Crippen molar-refractivity contribution in [2.45, 2.75) is 13.2 Å². The van der Waals surface area contributed by atoms with E-state index in [4.69, 9.17) is 11.6 Å². The lowest BCUT2D eigenvalue weighted by Crippen LogP contribution is -2.24. The third-order valence-electron chi connectivity index (χ3n) is 2.75. The summed E-state index contributed by atoms with van der Waals surface area (Å²) in [5, 5.41) is 7.02. The molecule has 0 saturated heterocycles. The van der Waals surface area contributed by atoms with E-state index in [2.05, 4.69) is 15.2 Å². The maximum atomic E-state index is 12.1. The summed E-state index contributed by atoms with van der Waals surface area (Å²) in [4.78, 5) is 12.0. The first kappa shape index (κ1) is 15.2. The number of amides is 1. The Labute approximate surface area is 124 Å². The molecule has 0 aliphatic rings. The molecule has 0 aliphatic carbocycles. The summed E-state index contributed by atoms with van der Waals surface area (Å²) in [6, 6.07) is 5.55. The van der Waals surface area contributed by atoms with Crippen molar-refractivity contribution in [1.82, 2.24) is 15.1 Å². The summed E-state index contributed by atoms with van der Waals surface area (Å²) >= 11 is 5.92. The van der Waals surface area contributed by atoms with Crippen molar-refractivity contribution in [2.75, 3.05) is 0 Å². The molecule has 0 radical (unpaired) electrons. The molecule has 0 spiro atoms. The molecule has 0 atom stereocenters. The van der Waals surface area contributed by atoms with E-state index in [1.165, 1.54) is 30.5 Å². The molecule has 2 rings (SSSR count). The van der Waals surface area contributed by atoms with E-state index in [0.29, 0.717) is 10.7 Å². The van der Waals surface area contributed by atoms with Crippen LogP contribution in [0.2, 0.25) is 5.02 Å². The summed E-state index contributed by atoms with van der Waals surface area (Å²) in [6.07, 6.45) is 1.47. The number of aromatic nitrogens is 2. The van der Waals surface area contributed by atoms with E-state index in [1.807, 2.05) is 0 Å². The lowest BCUT2D eigenvalue weighted by atomic mass is 10.2. The molecule has 0 unspecified atom stereocenters. The van der Waals surface area contributed by atoms with Gasteiger partial charge in [0.05, 0.1) is 23.5 Å². The van der Waals surface area contributed by atoms with Gasteiger partial charge < -0.3 is 10.1 Å². The highest BCUT2D eigenvalue weighted by Crippen LogP contribution is 2.17. The largest absolute Gasteiger partial charge is 0.435 e. The van der Waals surface area contributed by atoms with Crippen molar-refractivity contribution >= 4 is 17.5 Å². The number of halogens is 3. The van der Waals surface area contributed by atoms with Gasteiger partial charge in [-0.05, 0) is 18.2 Å². The van der Waals surface area contributed by atoms with Crippen molar-refractivity contribution in [1.29, 1.82) is 0 Å². The minimum absolute atomic E-state index is 0.0729. The summed E-state index contributed by atoms with van der Waals surface area (Å²) < 4.78 is 30.0. The van der Waals surface area contributed by atoms with Crippen LogP contribution in [0.25, 0.3) is 0 Å². The Morgan fingerprint density at radius 2 is 2.29 bits per heavy atom. The number of hydrogen-bond donors (Lipinski definition) is 1. The molecule has 2 aromatic rings. The lowest BCUT2D eigenvalue weighted by molar-refractivity contribution is -0.0498. The minimum Gasteiger partial charge on any atom is -0.435 e. The topological polar surface area (TPSA) is 56.2 Å². The second-order valence-corrected chi connectivity index (χ2v) is 4.56. The predicted octanol–water partition coefficient (Wildman–Crippen LogP) is 2.60. The normalized spacial score (nSPS) is 10.7. The van der Waals surface area contributed by atoms with Gasteiger partial charge >= 0.3 is 6.61 Å². The Morgan fingerprint density at radius 1 is 1.52 bits per heavy atom. The molecule has 1 amide bonds. The smallest absolute Gasteiger partial charge is 0.387 e. The van der Waals surface area contributed by atoms with Gasteiger partial charge in [-0.3, -0.25) is 9.48 Å². The van der Waals surface area contributed by atoms with E-state index in [0.717, 1.165) is 0 Å². The Morgan fingerprint density at radius 3 is 2.90 bits per heavy atom. The first-order valence-corrected chi connectivity index (χ1v) is 6.34. The molecule has 1 aromatic heterocycles. The molecule has 0 aliphatic heterocycles. The van der Waals surface area contributed by atoms with Crippen molar-refractivity contribution < 1.29 is 18.3 Å². The fourth-order valence-electron chi connectivity index (χ4n) is 1.71. The van der Waals surface area contributed by atoms with E-state index in [-0.39, 0.29) is 17.9 Å². The van der Waals surface area contributed by atoms with Gasteiger partial charge in [-0.1, -0.05) is 17.7 Å². The number of hydrogen-bond acceptors (Lipinski definition) is 3. The van der Waals surface area contributed by atoms with Gasteiger partial charge in [0.25, 0.3) is 5.91 Å². The first-order chi connectivity index (χ1) is 9.97. The van der Waals surface area contributed by atoms with Crippen LogP contribution in [-0.4, -0.2) is 22.3 Å². The zero-order valence-corrected chi connectivity index (χ0v) is 11.8. The first-order valence-electron chi connectivity index (χ1n) is 5.97. The van der Waals surface area contributed by atoms with E-state index < -0.39 is 12.5 Å². The molecule has 21 heavy (non-hydrogen) atoms. The minimum atomic E-state index is -2.93. The van der Waals surface area contributed by atoms with Crippen LogP contribution in [0.1, 0.15) is 16.1 Å². The van der Waals surface area contributed by atoms with Crippen molar-refractivity contribution in [3.8, 4) is 5.75 Å². The van der Waals surface area contributed by atoms with Gasteiger partial charge in [0.15, 0.2) is 0 Å². The highest BCUT2D eigenvalue weighted by molar-refractivity contribution is 6.31. The predicted molar refractivity (Wildman–Crippen MR) is 72.5 cm³/mol. The maximum Gasteiger partial charge on any atom is 0.387 e. The van der Waals surface area contributed by atoms with Gasteiger partial charge in [0, 0.05) is 12.6 Å². The molecule has 1 aromatic carbocycles. The highest BCUT2D eigenvalue weighted by Gasteiger charge is 2.11. The molecular weight excluding hydrogens is 304 g/mol. The third-order valence-corrected chi connectivity index (χ3v) is 3.06. The van der Waals surface area contributed by atoms with Gasteiger partial charge in [0.1, 0.15) is 5.75 Å². The molecule has 0 bridgehead atoms. The summed E-state index contributed by atoms with van der Waals surface area (Å²) in [5.74, 6) is -0.497. The molecule has 5 nitrogen and oxygen atoms in total. The number of carbonyl (C=O) groups excluding carboxylic acids is 1. The summed E-state index contributed by atoms with van der Waals surface area (Å²) in [7, 11) is 1.70. The van der Waals surface area contributed by atoms with Crippen LogP contribution in [-0.2, 0) is 13.6 Å². The number of alkyl halides is 2. The standard InChI is InChI=1S/C13H12ClF2N3O2/c1-19-11(10(14)6-18-19)7-17-12(20)8-3-2-4-9(5-8)21-13(15)16/h2-6,13H,7H2,1H3,(H,17,20). The molecule has 0 fully saturated rings. The van der Waals surface area contributed by atoms with Crippen LogP contribution in [0.5, 0.6) is 5.75 Å². The monoisotopic (exact) mass is 315 g/mol. The fourth-order valence-corrected chi connectivity index (χ4v) is 1.95. The van der Waals surface area contributed by atoms with Crippen molar-refractivity contribution in [3.63, 3.8) is 0 Å². The van der Waals surface area contributed by atoms with Crippen molar-refractivity contribution in [3.05, 3.63) is 46.7 Å². The molecule has 8 heteroatoms. The van der Waals surface area contributed by atoms with Crippen LogP contribution in [0.15, 0.2) is 30.5 Å². The second kappa shape index (κ2) is 6.53. The van der Waals surface area contributed by atoms with E-state index in [1.54, 1.807) is 11.7 Å². The number of ether oxygens (including phenoxy) is 1. The zero-order valence-electron chi connectivity index (χ0n) is 11.0. The van der Waals surface area contributed by atoms with E-state index in [9.17, 15) is 13.6 Å². The molecular formula is C13H12ClF2N3O2.